The zero-order chi connectivity index (χ0) is 24.4. The van der Waals surface area contributed by atoms with Crippen LogP contribution in [0.1, 0.15) is 17.2 Å². The van der Waals surface area contributed by atoms with E-state index in [1.165, 1.54) is 56.6 Å². The highest BCUT2D eigenvalue weighted by molar-refractivity contribution is 6.51. The molecule has 4 rings (SSSR count). The lowest BCUT2D eigenvalue weighted by Gasteiger charge is -2.26. The van der Waals surface area contributed by atoms with Gasteiger partial charge in [0.15, 0.2) is 0 Å². The Balaban J connectivity index is 1.98. The van der Waals surface area contributed by atoms with Crippen LogP contribution in [-0.4, -0.2) is 38.1 Å². The van der Waals surface area contributed by atoms with Crippen LogP contribution in [0.25, 0.3) is 5.76 Å². The molecule has 1 aliphatic heterocycles. The minimum absolute atomic E-state index is 0.161. The summed E-state index contributed by atoms with van der Waals surface area (Å²) < 4.78 is 29.6. The molecule has 174 valence electrons. The molecule has 1 unspecified atom stereocenters. The second kappa shape index (κ2) is 9.27. The van der Waals surface area contributed by atoms with Gasteiger partial charge in [-0.2, -0.15) is 0 Å². The number of aliphatic hydroxyl groups is 1. The van der Waals surface area contributed by atoms with Crippen molar-refractivity contribution >= 4 is 23.1 Å². The van der Waals surface area contributed by atoms with E-state index in [0.717, 1.165) is 0 Å². The van der Waals surface area contributed by atoms with Crippen molar-refractivity contribution in [2.24, 2.45) is 0 Å². The number of carbonyl (C=O) groups excluding carboxylic acids is 2. The van der Waals surface area contributed by atoms with Crippen LogP contribution in [0.2, 0.25) is 0 Å². The Morgan fingerprint density at radius 2 is 1.56 bits per heavy atom. The summed E-state index contributed by atoms with van der Waals surface area (Å²) >= 11 is 0. The maximum absolute atomic E-state index is 13.7. The van der Waals surface area contributed by atoms with Gasteiger partial charge in [0.05, 0.1) is 38.5 Å². The van der Waals surface area contributed by atoms with Gasteiger partial charge in [-0.3, -0.25) is 14.5 Å². The van der Waals surface area contributed by atoms with Crippen LogP contribution >= 0.6 is 0 Å². The Morgan fingerprint density at radius 1 is 0.882 bits per heavy atom. The number of methoxy groups -OCH3 is 3. The number of amides is 1. The predicted octanol–water partition coefficient (Wildman–Crippen LogP) is 4.48. The Morgan fingerprint density at radius 3 is 2.21 bits per heavy atom. The average Bonchev–Trinajstić information content (AvgIpc) is 3.13. The number of Topliss-reactive ketones (excluding diaryl/α,β-unsaturated/α-hetero) is 1. The van der Waals surface area contributed by atoms with E-state index in [1.54, 1.807) is 36.4 Å². The zero-order valence-corrected chi connectivity index (χ0v) is 18.7. The van der Waals surface area contributed by atoms with Crippen molar-refractivity contribution in [2.45, 2.75) is 6.04 Å². The number of hydrogen-bond donors (Lipinski definition) is 1. The summed E-state index contributed by atoms with van der Waals surface area (Å²) in [6.45, 7) is 0. The molecular formula is C26H22FNO6. The third-order valence-corrected chi connectivity index (χ3v) is 5.62. The summed E-state index contributed by atoms with van der Waals surface area (Å²) in [6, 6.07) is 15.7. The van der Waals surface area contributed by atoms with Crippen LogP contribution in [0.15, 0.2) is 72.3 Å². The summed E-state index contributed by atoms with van der Waals surface area (Å²) in [7, 11) is 4.37. The Bertz CT molecular complexity index is 1280. The van der Waals surface area contributed by atoms with Crippen molar-refractivity contribution in [1.29, 1.82) is 0 Å². The fourth-order valence-corrected chi connectivity index (χ4v) is 3.96. The molecule has 1 heterocycles. The standard InChI is InChI=1S/C26H22FNO6/c1-32-18-6-4-5-17(13-18)28-23(15-7-9-16(27)10-8-15)22(25(30)26(28)31)24(29)20-14-19(33-2)11-12-21(20)34-3/h4-14,23,29H,1-3H3/b24-22+. The van der Waals surface area contributed by atoms with Gasteiger partial charge >= 0.3 is 0 Å². The molecule has 0 radical (unpaired) electrons. The van der Waals surface area contributed by atoms with Crippen LogP contribution in [-0.2, 0) is 9.59 Å². The lowest BCUT2D eigenvalue weighted by atomic mass is 9.94. The van der Waals surface area contributed by atoms with Crippen molar-refractivity contribution < 1.29 is 33.3 Å². The Hall–Kier alpha value is -4.33. The Kier molecular flexibility index (Phi) is 6.23. The van der Waals surface area contributed by atoms with Crippen LogP contribution < -0.4 is 19.1 Å². The maximum atomic E-state index is 13.7. The number of hydrogen-bond acceptors (Lipinski definition) is 6. The third-order valence-electron chi connectivity index (χ3n) is 5.62. The molecule has 0 saturated carbocycles. The topological polar surface area (TPSA) is 85.3 Å². The first-order chi connectivity index (χ1) is 16.4. The molecule has 1 aliphatic rings. The van der Waals surface area contributed by atoms with Crippen molar-refractivity contribution in [3.8, 4) is 17.2 Å². The molecule has 7 nitrogen and oxygen atoms in total. The van der Waals surface area contributed by atoms with Gasteiger partial charge in [-0.25, -0.2) is 4.39 Å². The van der Waals surface area contributed by atoms with E-state index in [-0.39, 0.29) is 16.9 Å². The number of benzene rings is 3. The van der Waals surface area contributed by atoms with E-state index in [1.807, 2.05) is 0 Å². The number of rotatable bonds is 6. The van der Waals surface area contributed by atoms with Crippen LogP contribution in [0.5, 0.6) is 17.2 Å². The van der Waals surface area contributed by atoms with Crippen molar-refractivity contribution in [3.05, 3.63) is 89.2 Å². The summed E-state index contributed by atoms with van der Waals surface area (Å²) in [5, 5.41) is 11.3. The zero-order valence-electron chi connectivity index (χ0n) is 18.7. The van der Waals surface area contributed by atoms with E-state index in [2.05, 4.69) is 0 Å². The molecule has 3 aromatic rings. The third kappa shape index (κ3) is 3.94. The van der Waals surface area contributed by atoms with Crippen LogP contribution in [0.4, 0.5) is 10.1 Å². The molecular weight excluding hydrogens is 441 g/mol. The van der Waals surface area contributed by atoms with E-state index in [9.17, 15) is 19.1 Å². The monoisotopic (exact) mass is 463 g/mol. The van der Waals surface area contributed by atoms with Gasteiger partial charge in [-0.05, 0) is 48.0 Å². The number of carbonyl (C=O) groups is 2. The molecule has 0 aromatic heterocycles. The number of ether oxygens (including phenoxy) is 3. The van der Waals surface area contributed by atoms with E-state index in [4.69, 9.17) is 14.2 Å². The van der Waals surface area contributed by atoms with Gasteiger partial charge < -0.3 is 19.3 Å². The van der Waals surface area contributed by atoms with Gasteiger partial charge in [0.1, 0.15) is 28.8 Å². The molecule has 1 atom stereocenters. The molecule has 1 N–H and O–H groups in total. The molecule has 0 bridgehead atoms. The van der Waals surface area contributed by atoms with Gasteiger partial charge in [0.25, 0.3) is 11.7 Å². The SMILES string of the molecule is COc1cccc(N2C(=O)C(=O)/C(=C(/O)c3cc(OC)ccc3OC)C2c2ccc(F)cc2)c1. The first-order valence-corrected chi connectivity index (χ1v) is 10.3. The molecule has 1 fully saturated rings. The lowest BCUT2D eigenvalue weighted by Crippen LogP contribution is -2.29. The molecule has 0 spiro atoms. The Labute approximate surface area is 195 Å². The fraction of sp³-hybridized carbons (Fsp3) is 0.154. The fourth-order valence-electron chi connectivity index (χ4n) is 3.96. The van der Waals surface area contributed by atoms with Gasteiger partial charge in [0.2, 0.25) is 0 Å². The number of halogens is 1. The second-order valence-electron chi connectivity index (χ2n) is 7.49. The van der Waals surface area contributed by atoms with E-state index in [0.29, 0.717) is 22.7 Å². The largest absolute Gasteiger partial charge is 0.507 e. The van der Waals surface area contributed by atoms with E-state index >= 15 is 0 Å². The van der Waals surface area contributed by atoms with Crippen LogP contribution in [0, 0.1) is 5.82 Å². The average molecular weight is 463 g/mol. The minimum atomic E-state index is -1.02. The number of anilines is 1. The summed E-state index contributed by atoms with van der Waals surface area (Å²) in [4.78, 5) is 27.8. The number of aliphatic hydroxyl groups excluding tert-OH is 1. The highest BCUT2D eigenvalue weighted by Crippen LogP contribution is 2.44. The smallest absolute Gasteiger partial charge is 0.300 e. The maximum Gasteiger partial charge on any atom is 0.300 e. The number of nitrogens with zero attached hydrogens (tertiary/aromatic N) is 1. The molecule has 1 amide bonds. The molecule has 1 saturated heterocycles. The second-order valence-corrected chi connectivity index (χ2v) is 7.49. The first kappa shape index (κ1) is 22.8. The van der Waals surface area contributed by atoms with Crippen LogP contribution in [0.3, 0.4) is 0 Å². The van der Waals surface area contributed by atoms with Crippen molar-refractivity contribution in [1.82, 2.24) is 0 Å². The summed E-state index contributed by atoms with van der Waals surface area (Å²) in [5.41, 5.74) is 0.836. The predicted molar refractivity (Wildman–Crippen MR) is 124 cm³/mol. The van der Waals surface area contributed by atoms with Crippen molar-refractivity contribution in [2.75, 3.05) is 26.2 Å². The normalized spacial score (nSPS) is 17.1. The van der Waals surface area contributed by atoms with E-state index < -0.39 is 29.3 Å². The van der Waals surface area contributed by atoms with Gasteiger partial charge in [-0.1, -0.05) is 18.2 Å². The molecule has 3 aromatic carbocycles. The first-order valence-electron chi connectivity index (χ1n) is 10.3. The summed E-state index contributed by atoms with van der Waals surface area (Å²) in [5.74, 6) is -1.46. The van der Waals surface area contributed by atoms with Gasteiger partial charge in [-0.15, -0.1) is 0 Å². The highest BCUT2D eigenvalue weighted by Gasteiger charge is 2.47. The molecule has 0 aliphatic carbocycles. The quantitative estimate of drug-likeness (QED) is 0.330. The molecule has 8 heteroatoms. The summed E-state index contributed by atoms with van der Waals surface area (Å²) in [6.07, 6.45) is 0. The van der Waals surface area contributed by atoms with Crippen molar-refractivity contribution in [3.63, 3.8) is 0 Å². The highest BCUT2D eigenvalue weighted by atomic mass is 19.1. The van der Waals surface area contributed by atoms with Gasteiger partial charge in [0, 0.05) is 11.8 Å². The minimum Gasteiger partial charge on any atom is -0.507 e. The molecule has 34 heavy (non-hydrogen) atoms. The lowest BCUT2D eigenvalue weighted by molar-refractivity contribution is -0.132. The number of ketones is 1.